The molecular weight excluding hydrogens is 212 g/mol. The largest absolute Gasteiger partial charge is 0.369 e. The summed E-state index contributed by atoms with van der Waals surface area (Å²) in [6.07, 6.45) is 2.21. The molecule has 2 aromatic rings. The Bertz CT molecular complexity index is 465. The minimum Gasteiger partial charge on any atom is -0.369 e. The van der Waals surface area contributed by atoms with Crippen molar-refractivity contribution >= 4 is 17.2 Å². The summed E-state index contributed by atoms with van der Waals surface area (Å²) in [6, 6.07) is 1.43. The molecule has 0 atom stereocenters. The fraction of sp³-hybridized carbons (Fsp3) is 0.222. The van der Waals surface area contributed by atoms with E-state index in [2.05, 4.69) is 20.3 Å². The lowest BCUT2D eigenvalue weighted by atomic mass is 10.3. The van der Waals surface area contributed by atoms with E-state index in [9.17, 15) is 4.79 Å². The first kappa shape index (κ1) is 9.85. The average molecular weight is 222 g/mol. The number of hydrogen-bond donors (Lipinski definition) is 2. The molecule has 15 heavy (non-hydrogen) atoms. The molecule has 2 rings (SSSR count). The highest BCUT2D eigenvalue weighted by Crippen LogP contribution is 2.02. The van der Waals surface area contributed by atoms with Gasteiger partial charge in [0.05, 0.1) is 17.5 Å². The molecular formula is C9H10N4OS. The Hall–Kier alpha value is -1.69. The maximum atomic E-state index is 10.9. The molecule has 2 aromatic heterocycles. The molecule has 0 fully saturated rings. The third-order valence-electron chi connectivity index (χ3n) is 1.85. The van der Waals surface area contributed by atoms with Crippen LogP contribution in [0.2, 0.25) is 0 Å². The number of aromatic amines is 1. The van der Waals surface area contributed by atoms with E-state index in [4.69, 9.17) is 0 Å². The minimum atomic E-state index is -0.152. The predicted molar refractivity (Wildman–Crippen MR) is 59.2 cm³/mol. The molecule has 0 amide bonds. The molecule has 0 aliphatic carbocycles. The van der Waals surface area contributed by atoms with Crippen molar-refractivity contribution in [2.24, 2.45) is 0 Å². The molecule has 0 saturated heterocycles. The van der Waals surface area contributed by atoms with Crippen molar-refractivity contribution in [1.29, 1.82) is 0 Å². The van der Waals surface area contributed by atoms with Crippen LogP contribution in [-0.4, -0.2) is 21.5 Å². The van der Waals surface area contributed by atoms with E-state index in [0.717, 1.165) is 18.7 Å². The van der Waals surface area contributed by atoms with Gasteiger partial charge in [0.15, 0.2) is 0 Å². The van der Waals surface area contributed by atoms with E-state index in [-0.39, 0.29) is 5.56 Å². The highest BCUT2D eigenvalue weighted by molar-refractivity contribution is 7.07. The summed E-state index contributed by atoms with van der Waals surface area (Å²) in [5, 5.41) is 5.06. The molecule has 0 spiro atoms. The van der Waals surface area contributed by atoms with Gasteiger partial charge in [-0.05, 0) is 0 Å². The first-order valence-electron chi connectivity index (χ1n) is 4.50. The zero-order valence-corrected chi connectivity index (χ0v) is 8.75. The van der Waals surface area contributed by atoms with Crippen LogP contribution in [0.5, 0.6) is 0 Å². The smallest absolute Gasteiger partial charge is 0.252 e. The second-order valence-electron chi connectivity index (χ2n) is 2.95. The minimum absolute atomic E-state index is 0.152. The second-order valence-corrected chi connectivity index (χ2v) is 3.67. The van der Waals surface area contributed by atoms with Gasteiger partial charge in [0.2, 0.25) is 0 Å². The van der Waals surface area contributed by atoms with Crippen LogP contribution in [0.15, 0.2) is 28.1 Å². The lowest BCUT2D eigenvalue weighted by Gasteiger charge is -2.02. The van der Waals surface area contributed by atoms with Crippen molar-refractivity contribution in [3.8, 4) is 0 Å². The van der Waals surface area contributed by atoms with Gasteiger partial charge in [0.25, 0.3) is 5.56 Å². The zero-order chi connectivity index (χ0) is 10.5. The summed E-state index contributed by atoms with van der Waals surface area (Å²) in [7, 11) is 0. The van der Waals surface area contributed by atoms with Crippen LogP contribution in [0.3, 0.4) is 0 Å². The molecule has 0 radical (unpaired) electrons. The molecule has 6 heteroatoms. The fourth-order valence-corrected chi connectivity index (χ4v) is 1.74. The Morgan fingerprint density at radius 1 is 1.47 bits per heavy atom. The van der Waals surface area contributed by atoms with Crippen molar-refractivity contribution in [3.05, 3.63) is 39.3 Å². The maximum Gasteiger partial charge on any atom is 0.252 e. The fourth-order valence-electron chi connectivity index (χ4n) is 1.14. The second kappa shape index (κ2) is 4.70. The third kappa shape index (κ3) is 2.88. The number of rotatable bonds is 4. The molecule has 2 heterocycles. The van der Waals surface area contributed by atoms with Crippen LogP contribution >= 0.6 is 11.3 Å². The van der Waals surface area contributed by atoms with Crippen LogP contribution in [-0.2, 0) is 6.42 Å². The van der Waals surface area contributed by atoms with Gasteiger partial charge in [0.1, 0.15) is 5.82 Å². The number of thiazole rings is 1. The Balaban J connectivity index is 1.86. The molecule has 0 unspecified atom stereocenters. The lowest BCUT2D eigenvalue weighted by Crippen LogP contribution is -2.11. The van der Waals surface area contributed by atoms with Gasteiger partial charge in [-0.25, -0.2) is 9.97 Å². The Labute approximate surface area is 90.2 Å². The summed E-state index contributed by atoms with van der Waals surface area (Å²) in [5.74, 6) is 0.592. The SMILES string of the molecule is O=c1cc(NCCc2cscn2)nc[nH]1. The van der Waals surface area contributed by atoms with E-state index >= 15 is 0 Å². The van der Waals surface area contributed by atoms with E-state index < -0.39 is 0 Å². The van der Waals surface area contributed by atoms with Crippen LogP contribution in [0.25, 0.3) is 0 Å². The van der Waals surface area contributed by atoms with Crippen molar-refractivity contribution in [3.63, 3.8) is 0 Å². The maximum absolute atomic E-state index is 10.9. The number of nitrogens with one attached hydrogen (secondary N) is 2. The first-order chi connectivity index (χ1) is 7.34. The van der Waals surface area contributed by atoms with E-state index in [1.54, 1.807) is 16.8 Å². The van der Waals surface area contributed by atoms with Crippen LogP contribution in [0, 0.1) is 0 Å². The Morgan fingerprint density at radius 2 is 2.40 bits per heavy atom. The monoisotopic (exact) mass is 222 g/mol. The summed E-state index contributed by atoms with van der Waals surface area (Å²) in [4.78, 5) is 21.5. The summed E-state index contributed by atoms with van der Waals surface area (Å²) < 4.78 is 0. The lowest BCUT2D eigenvalue weighted by molar-refractivity contribution is 0.961. The zero-order valence-electron chi connectivity index (χ0n) is 7.93. The van der Waals surface area contributed by atoms with E-state index in [1.165, 1.54) is 12.4 Å². The van der Waals surface area contributed by atoms with E-state index in [1.807, 2.05) is 5.38 Å². The topological polar surface area (TPSA) is 70.7 Å². The standard InChI is InChI=1S/C9H10N4OS/c14-9-3-8(11-5-12-9)10-2-1-7-4-15-6-13-7/h3-6H,1-2H2,(H2,10,11,12,14). The molecule has 0 aromatic carbocycles. The number of hydrogen-bond acceptors (Lipinski definition) is 5. The molecule has 2 N–H and O–H groups in total. The van der Waals surface area contributed by atoms with E-state index in [0.29, 0.717) is 5.82 Å². The summed E-state index contributed by atoms with van der Waals surface area (Å²) in [6.45, 7) is 0.722. The molecule has 0 bridgehead atoms. The normalized spacial score (nSPS) is 10.1. The van der Waals surface area contributed by atoms with Crippen molar-refractivity contribution in [2.45, 2.75) is 6.42 Å². The van der Waals surface area contributed by atoms with Crippen molar-refractivity contribution in [2.75, 3.05) is 11.9 Å². The average Bonchev–Trinajstić information content (AvgIpc) is 2.71. The molecule has 78 valence electrons. The van der Waals surface area contributed by atoms with Crippen LogP contribution in [0.1, 0.15) is 5.69 Å². The first-order valence-corrected chi connectivity index (χ1v) is 5.44. The summed E-state index contributed by atoms with van der Waals surface area (Å²) in [5.41, 5.74) is 2.71. The van der Waals surface area contributed by atoms with Crippen LogP contribution in [0.4, 0.5) is 5.82 Å². The number of aromatic nitrogens is 3. The number of anilines is 1. The van der Waals surface area contributed by atoms with Gasteiger partial charge in [0, 0.05) is 24.4 Å². The van der Waals surface area contributed by atoms with Crippen molar-refractivity contribution < 1.29 is 0 Å². The predicted octanol–water partition coefficient (Wildman–Crippen LogP) is 0.881. The third-order valence-corrected chi connectivity index (χ3v) is 2.48. The quantitative estimate of drug-likeness (QED) is 0.805. The Morgan fingerprint density at radius 3 is 3.13 bits per heavy atom. The van der Waals surface area contributed by atoms with Crippen molar-refractivity contribution in [1.82, 2.24) is 15.0 Å². The molecule has 0 saturated carbocycles. The molecule has 0 aliphatic heterocycles. The van der Waals surface area contributed by atoms with Crippen LogP contribution < -0.4 is 10.9 Å². The highest BCUT2D eigenvalue weighted by atomic mass is 32.1. The van der Waals surface area contributed by atoms with Gasteiger partial charge in [-0.3, -0.25) is 4.79 Å². The van der Waals surface area contributed by atoms with Gasteiger partial charge >= 0.3 is 0 Å². The number of nitrogens with zero attached hydrogens (tertiary/aromatic N) is 2. The highest BCUT2D eigenvalue weighted by Gasteiger charge is 1.96. The van der Waals surface area contributed by atoms with Gasteiger partial charge in [-0.15, -0.1) is 11.3 Å². The van der Waals surface area contributed by atoms with Gasteiger partial charge in [-0.1, -0.05) is 0 Å². The molecule has 0 aliphatic rings. The Kier molecular flexibility index (Phi) is 3.08. The summed E-state index contributed by atoms with van der Waals surface area (Å²) >= 11 is 1.58. The molecule has 5 nitrogen and oxygen atoms in total. The van der Waals surface area contributed by atoms with Gasteiger partial charge in [-0.2, -0.15) is 0 Å². The number of H-pyrrole nitrogens is 1. The van der Waals surface area contributed by atoms with Gasteiger partial charge < -0.3 is 10.3 Å².